The molecule has 20 heavy (non-hydrogen) atoms. The molecule has 0 bridgehead atoms. The summed E-state index contributed by atoms with van der Waals surface area (Å²) in [6, 6.07) is 0. The summed E-state index contributed by atoms with van der Waals surface area (Å²) in [5.41, 5.74) is 5.82. The van der Waals surface area contributed by atoms with Crippen molar-refractivity contribution in [3.8, 4) is 0 Å². The molecule has 4 nitrogen and oxygen atoms in total. The molecule has 1 aromatic rings. The number of hydrogen-bond acceptors (Lipinski definition) is 3. The second-order valence-corrected chi connectivity index (χ2v) is 5.87. The minimum Gasteiger partial charge on any atom is -0.368 e. The van der Waals surface area contributed by atoms with Crippen LogP contribution in [0.4, 0.5) is 5.95 Å². The van der Waals surface area contributed by atoms with Crippen molar-refractivity contribution in [3.05, 3.63) is 5.82 Å². The molecule has 0 saturated carbocycles. The lowest BCUT2D eigenvalue weighted by molar-refractivity contribution is 0.470. The third kappa shape index (κ3) is 5.51. The Morgan fingerprint density at radius 1 is 0.900 bits per heavy atom. The van der Waals surface area contributed by atoms with E-state index in [4.69, 9.17) is 5.73 Å². The fraction of sp³-hybridized carbons (Fsp3) is 0.875. The van der Waals surface area contributed by atoms with Crippen molar-refractivity contribution in [3.63, 3.8) is 0 Å². The van der Waals surface area contributed by atoms with E-state index in [0.29, 0.717) is 11.9 Å². The predicted molar refractivity (Wildman–Crippen MR) is 85.7 cm³/mol. The van der Waals surface area contributed by atoms with E-state index >= 15 is 0 Å². The summed E-state index contributed by atoms with van der Waals surface area (Å²) in [6.07, 6.45) is 12.9. The van der Waals surface area contributed by atoms with E-state index in [1.165, 1.54) is 64.2 Å². The molecule has 1 aromatic heterocycles. The van der Waals surface area contributed by atoms with Gasteiger partial charge in [0.25, 0.3) is 0 Å². The minimum atomic E-state index is 0.526. The number of hydrogen-bond donors (Lipinski definition) is 1. The van der Waals surface area contributed by atoms with Gasteiger partial charge < -0.3 is 10.3 Å². The molecule has 4 heteroatoms. The van der Waals surface area contributed by atoms with Gasteiger partial charge in [-0.15, -0.1) is 10.2 Å². The molecule has 0 atom stereocenters. The van der Waals surface area contributed by atoms with Crippen molar-refractivity contribution < 1.29 is 0 Å². The highest BCUT2D eigenvalue weighted by molar-refractivity contribution is 5.18. The lowest BCUT2D eigenvalue weighted by Crippen LogP contribution is -2.08. The zero-order valence-electron chi connectivity index (χ0n) is 13.6. The lowest BCUT2D eigenvalue weighted by atomic mass is 9.93. The fourth-order valence-corrected chi connectivity index (χ4v) is 2.75. The molecule has 0 fully saturated rings. The van der Waals surface area contributed by atoms with Crippen LogP contribution in [0.2, 0.25) is 0 Å². The quantitative estimate of drug-likeness (QED) is 0.610. The van der Waals surface area contributed by atoms with E-state index in [9.17, 15) is 0 Å². The van der Waals surface area contributed by atoms with Gasteiger partial charge in [0.05, 0.1) is 0 Å². The number of anilines is 1. The molecule has 0 unspecified atom stereocenters. The Kier molecular flexibility index (Phi) is 8.31. The van der Waals surface area contributed by atoms with Gasteiger partial charge in [-0.2, -0.15) is 0 Å². The first-order valence-corrected chi connectivity index (χ1v) is 8.35. The van der Waals surface area contributed by atoms with Gasteiger partial charge >= 0.3 is 0 Å². The Morgan fingerprint density at radius 3 is 1.85 bits per heavy atom. The third-order valence-electron chi connectivity index (χ3n) is 4.12. The topological polar surface area (TPSA) is 56.7 Å². The molecule has 0 aliphatic rings. The fourth-order valence-electron chi connectivity index (χ4n) is 2.75. The monoisotopic (exact) mass is 280 g/mol. The van der Waals surface area contributed by atoms with Crippen molar-refractivity contribution in [1.82, 2.24) is 14.8 Å². The maximum Gasteiger partial charge on any atom is 0.221 e. The maximum atomic E-state index is 5.82. The summed E-state index contributed by atoms with van der Waals surface area (Å²) in [6.45, 7) is 4.51. The van der Waals surface area contributed by atoms with Gasteiger partial charge in [-0.3, -0.25) is 0 Å². The first kappa shape index (κ1) is 17.0. The summed E-state index contributed by atoms with van der Waals surface area (Å²) in [5.74, 6) is 2.14. The van der Waals surface area contributed by atoms with Crippen LogP contribution in [0.1, 0.15) is 89.8 Å². The highest BCUT2D eigenvalue weighted by Gasteiger charge is 2.18. The van der Waals surface area contributed by atoms with Gasteiger partial charge in [0, 0.05) is 13.0 Å². The van der Waals surface area contributed by atoms with Crippen LogP contribution < -0.4 is 5.73 Å². The van der Waals surface area contributed by atoms with Gasteiger partial charge in [0.1, 0.15) is 5.82 Å². The summed E-state index contributed by atoms with van der Waals surface area (Å²) < 4.78 is 1.96. The van der Waals surface area contributed by atoms with Gasteiger partial charge in [0.15, 0.2) is 0 Å². The Bertz CT molecular complexity index is 347. The average molecular weight is 280 g/mol. The second kappa shape index (κ2) is 9.78. The second-order valence-electron chi connectivity index (χ2n) is 5.87. The molecule has 0 aliphatic heterocycles. The van der Waals surface area contributed by atoms with Gasteiger partial charge in [0.2, 0.25) is 5.95 Å². The van der Waals surface area contributed by atoms with Crippen LogP contribution in [0.3, 0.4) is 0 Å². The minimum absolute atomic E-state index is 0.526. The zero-order chi connectivity index (χ0) is 14.8. The smallest absolute Gasteiger partial charge is 0.221 e. The first-order valence-electron chi connectivity index (χ1n) is 8.35. The van der Waals surface area contributed by atoms with Crippen LogP contribution in [0, 0.1) is 0 Å². The first-order chi connectivity index (χ1) is 9.70. The normalized spacial score (nSPS) is 11.4. The average Bonchev–Trinajstić information content (AvgIpc) is 2.78. The van der Waals surface area contributed by atoms with Crippen LogP contribution in [0.5, 0.6) is 0 Å². The number of nitrogens with two attached hydrogens (primary N) is 1. The van der Waals surface area contributed by atoms with E-state index in [1.54, 1.807) is 0 Å². The Morgan fingerprint density at radius 2 is 1.45 bits per heavy atom. The molecule has 0 saturated heterocycles. The Hall–Kier alpha value is -1.06. The molecule has 116 valence electrons. The van der Waals surface area contributed by atoms with Crippen molar-refractivity contribution in [2.45, 2.75) is 84.0 Å². The van der Waals surface area contributed by atoms with E-state index < -0.39 is 0 Å². The van der Waals surface area contributed by atoms with Crippen LogP contribution in [0.25, 0.3) is 0 Å². The summed E-state index contributed by atoms with van der Waals surface area (Å²) in [5, 5.41) is 8.32. The third-order valence-corrected chi connectivity index (χ3v) is 4.12. The standard InChI is InChI=1S/C16H32N4/c1-4-6-8-10-12-14(13-11-9-7-5-2)15-18-19-16(17)20(15)3/h14H,4-13H2,1-3H3,(H2,17,19). The van der Waals surface area contributed by atoms with Crippen molar-refractivity contribution >= 4 is 5.95 Å². The largest absolute Gasteiger partial charge is 0.368 e. The van der Waals surface area contributed by atoms with Crippen molar-refractivity contribution in [1.29, 1.82) is 0 Å². The molecule has 0 aliphatic carbocycles. The Labute approximate surface area is 124 Å². The number of rotatable bonds is 11. The van der Waals surface area contributed by atoms with Crippen LogP contribution in [-0.2, 0) is 7.05 Å². The van der Waals surface area contributed by atoms with E-state index in [1.807, 2.05) is 11.6 Å². The molecule has 1 rings (SSSR count). The number of aromatic nitrogens is 3. The lowest BCUT2D eigenvalue weighted by Gasteiger charge is -2.16. The van der Waals surface area contributed by atoms with Crippen LogP contribution in [-0.4, -0.2) is 14.8 Å². The molecule has 0 spiro atoms. The van der Waals surface area contributed by atoms with Crippen LogP contribution >= 0.6 is 0 Å². The van der Waals surface area contributed by atoms with E-state index in [0.717, 1.165) is 5.82 Å². The highest BCUT2D eigenvalue weighted by Crippen LogP contribution is 2.27. The molecule has 0 amide bonds. The Balaban J connectivity index is 2.52. The molecular formula is C16H32N4. The van der Waals surface area contributed by atoms with Gasteiger partial charge in [-0.05, 0) is 12.8 Å². The van der Waals surface area contributed by atoms with Gasteiger partial charge in [-0.25, -0.2) is 0 Å². The maximum absolute atomic E-state index is 5.82. The van der Waals surface area contributed by atoms with Gasteiger partial charge in [-0.1, -0.05) is 65.2 Å². The van der Waals surface area contributed by atoms with Crippen LogP contribution in [0.15, 0.2) is 0 Å². The van der Waals surface area contributed by atoms with E-state index in [-0.39, 0.29) is 0 Å². The molecule has 0 aromatic carbocycles. The molecule has 2 N–H and O–H groups in total. The van der Waals surface area contributed by atoms with Crippen molar-refractivity contribution in [2.75, 3.05) is 5.73 Å². The molecule has 1 heterocycles. The number of nitrogen functional groups attached to an aromatic ring is 1. The molecule has 0 radical (unpaired) electrons. The summed E-state index contributed by atoms with van der Waals surface area (Å²) in [7, 11) is 1.98. The highest BCUT2D eigenvalue weighted by atomic mass is 15.3. The van der Waals surface area contributed by atoms with Crippen molar-refractivity contribution in [2.24, 2.45) is 7.05 Å². The SMILES string of the molecule is CCCCCCC(CCCCCC)c1nnc(N)n1C. The summed E-state index contributed by atoms with van der Waals surface area (Å²) >= 11 is 0. The molecular weight excluding hydrogens is 248 g/mol. The van der Waals surface area contributed by atoms with E-state index in [2.05, 4.69) is 24.0 Å². The zero-order valence-corrected chi connectivity index (χ0v) is 13.6. The summed E-state index contributed by atoms with van der Waals surface area (Å²) in [4.78, 5) is 0. The predicted octanol–water partition coefficient (Wildman–Crippen LogP) is 4.42. The number of nitrogens with zero attached hydrogens (tertiary/aromatic N) is 3. The number of unbranched alkanes of at least 4 members (excludes halogenated alkanes) is 6.